The topological polar surface area (TPSA) is 20.3 Å². The molecule has 1 aliphatic rings. The molecule has 3 heteroatoms. The van der Waals surface area contributed by atoms with E-state index in [4.69, 9.17) is 0 Å². The Kier molecular flexibility index (Phi) is 6.40. The highest BCUT2D eigenvalue weighted by atomic mass is 79.9. The van der Waals surface area contributed by atoms with E-state index in [0.29, 0.717) is 11.9 Å². The molecule has 0 aromatic rings. The summed E-state index contributed by atoms with van der Waals surface area (Å²) in [7, 11) is 0. The Hall–Kier alpha value is -0.0500. The summed E-state index contributed by atoms with van der Waals surface area (Å²) in [6, 6.07) is 0.557. The molecule has 1 fully saturated rings. The van der Waals surface area contributed by atoms with Crippen LogP contribution in [0.1, 0.15) is 52.4 Å². The Labute approximate surface area is 108 Å². The molecule has 0 spiro atoms. The van der Waals surface area contributed by atoms with Crippen molar-refractivity contribution in [2.24, 2.45) is 5.92 Å². The van der Waals surface area contributed by atoms with Crippen molar-refractivity contribution in [3.8, 4) is 0 Å². The van der Waals surface area contributed by atoms with Crippen molar-refractivity contribution in [3.63, 3.8) is 0 Å². The van der Waals surface area contributed by atoms with Gasteiger partial charge in [-0.3, -0.25) is 4.79 Å². The minimum atomic E-state index is 0.273. The van der Waals surface area contributed by atoms with Gasteiger partial charge in [0.2, 0.25) is 5.91 Å². The van der Waals surface area contributed by atoms with Crippen molar-refractivity contribution in [2.45, 2.75) is 58.4 Å². The number of halogens is 1. The molecule has 0 atom stereocenters. The zero-order valence-corrected chi connectivity index (χ0v) is 12.1. The number of nitrogens with zero attached hydrogens (tertiary/aromatic N) is 1. The molecule has 1 amide bonds. The monoisotopic (exact) mass is 289 g/mol. The molecular formula is C13H24BrNO. The normalized spacial score (nSPS) is 15.5. The number of hydrogen-bond acceptors (Lipinski definition) is 1. The molecule has 0 saturated heterocycles. The SMILES string of the molecule is CCCC(CCC)C(=O)N(CCBr)C1CC1. The number of amides is 1. The maximum absolute atomic E-state index is 12.4. The van der Waals surface area contributed by atoms with E-state index in [9.17, 15) is 4.79 Å². The van der Waals surface area contributed by atoms with E-state index in [2.05, 4.69) is 34.7 Å². The number of hydrogen-bond donors (Lipinski definition) is 0. The zero-order valence-electron chi connectivity index (χ0n) is 10.5. The summed E-state index contributed by atoms with van der Waals surface area (Å²) in [6.45, 7) is 5.22. The third-order valence-electron chi connectivity index (χ3n) is 3.22. The van der Waals surface area contributed by atoms with Crippen LogP contribution in [0.5, 0.6) is 0 Å². The fourth-order valence-corrected chi connectivity index (χ4v) is 2.65. The smallest absolute Gasteiger partial charge is 0.225 e. The summed E-state index contributed by atoms with van der Waals surface area (Å²) in [5, 5.41) is 0.903. The maximum Gasteiger partial charge on any atom is 0.225 e. The summed E-state index contributed by atoms with van der Waals surface area (Å²) in [4.78, 5) is 14.5. The van der Waals surface area contributed by atoms with Crippen LogP contribution in [-0.2, 0) is 4.79 Å². The molecule has 16 heavy (non-hydrogen) atoms. The first kappa shape index (κ1) is 14.0. The van der Waals surface area contributed by atoms with Crippen LogP contribution in [0.15, 0.2) is 0 Å². The van der Waals surface area contributed by atoms with E-state index in [1.807, 2.05) is 0 Å². The van der Waals surface area contributed by atoms with Crippen molar-refractivity contribution in [2.75, 3.05) is 11.9 Å². The van der Waals surface area contributed by atoms with Crippen molar-refractivity contribution in [1.29, 1.82) is 0 Å². The first-order chi connectivity index (χ1) is 7.74. The van der Waals surface area contributed by atoms with Crippen molar-refractivity contribution in [3.05, 3.63) is 0 Å². The van der Waals surface area contributed by atoms with E-state index in [1.165, 1.54) is 12.8 Å². The van der Waals surface area contributed by atoms with Gasteiger partial charge in [-0.05, 0) is 25.7 Å². The molecule has 0 aromatic carbocycles. The molecule has 0 radical (unpaired) electrons. The van der Waals surface area contributed by atoms with Gasteiger partial charge in [-0.1, -0.05) is 42.6 Å². The average Bonchev–Trinajstić information content (AvgIpc) is 3.08. The van der Waals surface area contributed by atoms with Gasteiger partial charge >= 0.3 is 0 Å². The molecular weight excluding hydrogens is 266 g/mol. The highest BCUT2D eigenvalue weighted by molar-refractivity contribution is 9.09. The lowest BCUT2D eigenvalue weighted by Crippen LogP contribution is -2.39. The minimum absolute atomic E-state index is 0.273. The Morgan fingerprint density at radius 1 is 1.31 bits per heavy atom. The fourth-order valence-electron chi connectivity index (χ4n) is 2.27. The van der Waals surface area contributed by atoms with E-state index < -0.39 is 0 Å². The van der Waals surface area contributed by atoms with Gasteiger partial charge in [0.15, 0.2) is 0 Å². The number of carbonyl (C=O) groups excluding carboxylic acids is 1. The van der Waals surface area contributed by atoms with Crippen LogP contribution in [0.2, 0.25) is 0 Å². The largest absolute Gasteiger partial charge is 0.339 e. The molecule has 1 saturated carbocycles. The van der Waals surface area contributed by atoms with Crippen LogP contribution in [-0.4, -0.2) is 28.7 Å². The summed E-state index contributed by atoms with van der Waals surface area (Å²) >= 11 is 3.45. The second-order valence-corrected chi connectivity index (χ2v) is 5.52. The molecule has 0 bridgehead atoms. The van der Waals surface area contributed by atoms with Gasteiger partial charge in [-0.15, -0.1) is 0 Å². The Balaban J connectivity index is 2.54. The molecule has 0 aliphatic heterocycles. The molecule has 1 rings (SSSR count). The first-order valence-electron chi connectivity index (χ1n) is 6.61. The Bertz CT molecular complexity index is 210. The van der Waals surface area contributed by atoms with Gasteiger partial charge in [0, 0.05) is 23.8 Å². The molecule has 1 aliphatic carbocycles. The second-order valence-electron chi connectivity index (χ2n) is 4.73. The van der Waals surface area contributed by atoms with Gasteiger partial charge < -0.3 is 4.90 Å². The quantitative estimate of drug-likeness (QED) is 0.626. The van der Waals surface area contributed by atoms with Crippen molar-refractivity contribution < 1.29 is 4.79 Å². The van der Waals surface area contributed by atoms with Crippen LogP contribution in [0.25, 0.3) is 0 Å². The Morgan fingerprint density at radius 3 is 2.25 bits per heavy atom. The van der Waals surface area contributed by atoms with E-state index in [-0.39, 0.29) is 5.92 Å². The van der Waals surface area contributed by atoms with Gasteiger partial charge in [-0.25, -0.2) is 0 Å². The van der Waals surface area contributed by atoms with E-state index >= 15 is 0 Å². The molecule has 0 heterocycles. The van der Waals surface area contributed by atoms with Crippen LogP contribution in [0, 0.1) is 5.92 Å². The lowest BCUT2D eigenvalue weighted by molar-refractivity contribution is -0.136. The van der Waals surface area contributed by atoms with Crippen LogP contribution in [0.4, 0.5) is 0 Å². The highest BCUT2D eigenvalue weighted by Crippen LogP contribution is 2.29. The Morgan fingerprint density at radius 2 is 1.88 bits per heavy atom. The van der Waals surface area contributed by atoms with Crippen LogP contribution in [0.3, 0.4) is 0 Å². The molecule has 94 valence electrons. The van der Waals surface area contributed by atoms with Crippen molar-refractivity contribution in [1.82, 2.24) is 4.90 Å². The third-order valence-corrected chi connectivity index (χ3v) is 3.57. The van der Waals surface area contributed by atoms with Gasteiger partial charge in [-0.2, -0.15) is 0 Å². The average molecular weight is 290 g/mol. The lowest BCUT2D eigenvalue weighted by Gasteiger charge is -2.26. The van der Waals surface area contributed by atoms with Crippen LogP contribution < -0.4 is 0 Å². The minimum Gasteiger partial charge on any atom is -0.339 e. The summed E-state index contributed by atoms with van der Waals surface area (Å²) < 4.78 is 0. The summed E-state index contributed by atoms with van der Waals surface area (Å²) in [5.41, 5.74) is 0. The second kappa shape index (κ2) is 7.31. The van der Waals surface area contributed by atoms with Gasteiger partial charge in [0.25, 0.3) is 0 Å². The standard InChI is InChI=1S/C13H24BrNO/c1-3-5-11(6-4-2)13(16)15(10-9-14)12-7-8-12/h11-12H,3-10H2,1-2H3. The lowest BCUT2D eigenvalue weighted by atomic mass is 9.96. The summed E-state index contributed by atoms with van der Waals surface area (Å²) in [5.74, 6) is 0.681. The van der Waals surface area contributed by atoms with Gasteiger partial charge in [0.05, 0.1) is 0 Å². The predicted octanol–water partition coefficient (Wildman–Crippen LogP) is 3.59. The molecule has 0 aromatic heterocycles. The van der Waals surface area contributed by atoms with E-state index in [1.54, 1.807) is 0 Å². The van der Waals surface area contributed by atoms with Crippen molar-refractivity contribution >= 4 is 21.8 Å². The number of rotatable bonds is 8. The van der Waals surface area contributed by atoms with Gasteiger partial charge in [0.1, 0.15) is 0 Å². The van der Waals surface area contributed by atoms with E-state index in [0.717, 1.165) is 37.6 Å². The molecule has 2 nitrogen and oxygen atoms in total. The predicted molar refractivity (Wildman–Crippen MR) is 71.8 cm³/mol. The maximum atomic E-state index is 12.4. The highest BCUT2D eigenvalue weighted by Gasteiger charge is 2.34. The molecule has 0 unspecified atom stereocenters. The fraction of sp³-hybridized carbons (Fsp3) is 0.923. The molecule has 0 N–H and O–H groups in total. The number of alkyl halides is 1. The number of carbonyl (C=O) groups is 1. The third kappa shape index (κ3) is 4.08. The first-order valence-corrected chi connectivity index (χ1v) is 7.73. The van der Waals surface area contributed by atoms with Crippen LogP contribution >= 0.6 is 15.9 Å². The zero-order chi connectivity index (χ0) is 12.0. The summed E-state index contributed by atoms with van der Waals surface area (Å²) in [6.07, 6.45) is 6.76.